The Morgan fingerprint density at radius 3 is 2.62 bits per heavy atom. The number of carbonyl (C=O) groups is 2. The van der Waals surface area contributed by atoms with E-state index in [-0.39, 0.29) is 28.8 Å². The van der Waals surface area contributed by atoms with E-state index < -0.39 is 11.6 Å². The monoisotopic (exact) mass is 360 g/mol. The highest BCUT2D eigenvalue weighted by atomic mass is 16.5. The van der Waals surface area contributed by atoms with Crippen LogP contribution in [0.15, 0.2) is 0 Å². The van der Waals surface area contributed by atoms with Gasteiger partial charge in [-0.05, 0) is 74.0 Å². The van der Waals surface area contributed by atoms with Crippen LogP contribution in [0.2, 0.25) is 0 Å². The number of hydrogen-bond acceptors (Lipinski definition) is 3. The van der Waals surface area contributed by atoms with E-state index in [1.54, 1.807) is 0 Å². The fourth-order valence-corrected chi connectivity index (χ4v) is 8.65. The lowest BCUT2D eigenvalue weighted by atomic mass is 9.40. The molecule has 6 rings (SSSR count). The zero-order valence-electron chi connectivity index (χ0n) is 16.3. The van der Waals surface area contributed by atoms with E-state index in [0.717, 1.165) is 38.5 Å². The molecule has 1 N–H and O–H groups in total. The summed E-state index contributed by atoms with van der Waals surface area (Å²) in [5, 5.41) is 9.60. The number of carboxylic acid groups (broad SMARTS) is 1. The molecule has 4 nitrogen and oxygen atoms in total. The van der Waals surface area contributed by atoms with Crippen LogP contribution in [0.1, 0.15) is 72.1 Å². The van der Waals surface area contributed by atoms with E-state index in [9.17, 15) is 14.7 Å². The minimum absolute atomic E-state index is 0.000416. The molecule has 4 saturated carbocycles. The zero-order chi connectivity index (χ0) is 18.5. The molecule has 0 aromatic heterocycles. The first-order valence-electron chi connectivity index (χ1n) is 10.7. The van der Waals surface area contributed by atoms with Crippen molar-refractivity contribution in [2.24, 2.45) is 40.4 Å². The number of Topliss-reactive ketones (excluding diaryl/α,β-unsaturated/α-hetero) is 1. The maximum absolute atomic E-state index is 13.8. The fraction of sp³-hybridized carbons (Fsp3) is 0.909. The molecule has 2 heterocycles. The smallest absolute Gasteiger partial charge is 0.306 e. The Morgan fingerprint density at radius 1 is 1.15 bits per heavy atom. The number of ketones is 1. The summed E-state index contributed by atoms with van der Waals surface area (Å²) in [6.07, 6.45) is 8.48. The Labute approximate surface area is 156 Å². The topological polar surface area (TPSA) is 63.6 Å². The van der Waals surface area contributed by atoms with Gasteiger partial charge in [0.1, 0.15) is 5.60 Å². The highest BCUT2D eigenvalue weighted by Gasteiger charge is 2.74. The first-order valence-corrected chi connectivity index (χ1v) is 10.7. The largest absolute Gasteiger partial charge is 0.481 e. The third-order valence-corrected chi connectivity index (χ3v) is 9.90. The second-order valence-corrected chi connectivity index (χ2v) is 10.6. The van der Waals surface area contributed by atoms with Gasteiger partial charge in [-0.25, -0.2) is 0 Å². The lowest BCUT2D eigenvalue weighted by Gasteiger charge is -2.70. The molecule has 2 aliphatic heterocycles. The summed E-state index contributed by atoms with van der Waals surface area (Å²) in [6, 6.07) is 0. The van der Waals surface area contributed by atoms with Crippen molar-refractivity contribution in [2.75, 3.05) is 0 Å². The Morgan fingerprint density at radius 2 is 1.88 bits per heavy atom. The van der Waals surface area contributed by atoms with Gasteiger partial charge in [0.2, 0.25) is 0 Å². The van der Waals surface area contributed by atoms with Gasteiger partial charge in [-0.3, -0.25) is 9.59 Å². The van der Waals surface area contributed by atoms with E-state index >= 15 is 0 Å². The van der Waals surface area contributed by atoms with Gasteiger partial charge in [-0.1, -0.05) is 20.8 Å². The molecule has 6 aliphatic rings. The predicted octanol–water partition coefficient (Wildman–Crippen LogP) is 4.07. The van der Waals surface area contributed by atoms with Crippen LogP contribution in [0.3, 0.4) is 0 Å². The van der Waals surface area contributed by atoms with Crippen molar-refractivity contribution < 1.29 is 19.4 Å². The van der Waals surface area contributed by atoms with Gasteiger partial charge in [0.05, 0.1) is 12.0 Å². The van der Waals surface area contributed by atoms with Crippen LogP contribution in [0.4, 0.5) is 0 Å². The van der Waals surface area contributed by atoms with Gasteiger partial charge in [-0.2, -0.15) is 0 Å². The lowest BCUT2D eigenvalue weighted by molar-refractivity contribution is -0.307. The Balaban J connectivity index is 1.58. The van der Waals surface area contributed by atoms with E-state index in [1.165, 1.54) is 6.42 Å². The van der Waals surface area contributed by atoms with Crippen LogP contribution >= 0.6 is 0 Å². The molecule has 9 atom stereocenters. The van der Waals surface area contributed by atoms with Crippen LogP contribution in [-0.4, -0.2) is 28.6 Å². The lowest BCUT2D eigenvalue weighted by Crippen LogP contribution is -2.75. The van der Waals surface area contributed by atoms with Crippen molar-refractivity contribution in [3.05, 3.63) is 0 Å². The molecule has 0 aromatic carbocycles. The third kappa shape index (κ3) is 1.76. The Bertz CT molecular complexity index is 673. The van der Waals surface area contributed by atoms with Crippen molar-refractivity contribution in [1.29, 1.82) is 0 Å². The van der Waals surface area contributed by atoms with Gasteiger partial charge in [-0.15, -0.1) is 0 Å². The predicted molar refractivity (Wildman–Crippen MR) is 96.5 cm³/mol. The van der Waals surface area contributed by atoms with Crippen LogP contribution in [-0.2, 0) is 14.3 Å². The number of aliphatic carboxylic acids is 1. The van der Waals surface area contributed by atoms with Gasteiger partial charge in [0, 0.05) is 11.8 Å². The average Bonchev–Trinajstić information content (AvgIpc) is 2.90. The molecule has 4 aliphatic carbocycles. The molecule has 2 saturated heterocycles. The molecule has 4 bridgehead atoms. The summed E-state index contributed by atoms with van der Waals surface area (Å²) in [5.41, 5.74) is -0.740. The SMILES string of the molecule is C[C@H](C(=O)O)[C@@H]1CC[C@H]2[C@@H]3CC[C@H]4C[C@H]5CC[C@]4(C)[C@@]3(O5)C(=O)C[C@]12C. The Hall–Kier alpha value is -0.900. The Kier molecular flexibility index (Phi) is 3.39. The summed E-state index contributed by atoms with van der Waals surface area (Å²) in [5.74, 6) is 0.693. The fourth-order valence-electron chi connectivity index (χ4n) is 8.65. The van der Waals surface area contributed by atoms with Crippen LogP contribution in [0.25, 0.3) is 0 Å². The molecule has 0 radical (unpaired) electrons. The second kappa shape index (κ2) is 5.12. The van der Waals surface area contributed by atoms with Crippen molar-refractivity contribution in [2.45, 2.75) is 83.8 Å². The van der Waals surface area contributed by atoms with E-state index in [1.807, 2.05) is 6.92 Å². The minimum atomic E-state index is -0.715. The van der Waals surface area contributed by atoms with E-state index in [0.29, 0.717) is 30.0 Å². The van der Waals surface area contributed by atoms with Crippen LogP contribution in [0, 0.1) is 40.4 Å². The highest BCUT2D eigenvalue weighted by molar-refractivity contribution is 5.91. The summed E-state index contributed by atoms with van der Waals surface area (Å²) >= 11 is 0. The van der Waals surface area contributed by atoms with Gasteiger partial charge < -0.3 is 9.84 Å². The van der Waals surface area contributed by atoms with Crippen molar-refractivity contribution >= 4 is 11.8 Å². The standard InChI is InChI=1S/C22H32O4/c1-12(19(24)25)15-6-7-16-17-5-4-13-10-14-8-9-21(13,3)22(17,26-14)18(23)11-20(15,16)2/h12-17H,4-11H2,1-3H3,(H,24,25)/t12-,13-,14+,15-,16-,17-,20+,21-,22-/m0/s1. The summed E-state index contributed by atoms with van der Waals surface area (Å²) in [4.78, 5) is 25.5. The molecular weight excluding hydrogens is 328 g/mol. The highest BCUT2D eigenvalue weighted by Crippen LogP contribution is 2.72. The first kappa shape index (κ1) is 17.2. The van der Waals surface area contributed by atoms with Gasteiger partial charge in [0.25, 0.3) is 0 Å². The second-order valence-electron chi connectivity index (χ2n) is 10.6. The molecule has 0 unspecified atom stereocenters. The number of ether oxygens (including phenoxy) is 1. The molecule has 4 heteroatoms. The molecule has 0 aromatic rings. The third-order valence-electron chi connectivity index (χ3n) is 9.90. The number of hydrogen-bond donors (Lipinski definition) is 1. The van der Waals surface area contributed by atoms with Gasteiger partial charge in [0.15, 0.2) is 5.78 Å². The van der Waals surface area contributed by atoms with Crippen molar-refractivity contribution in [1.82, 2.24) is 0 Å². The molecule has 6 fully saturated rings. The molecule has 0 amide bonds. The summed E-state index contributed by atoms with van der Waals surface area (Å²) < 4.78 is 6.69. The zero-order valence-corrected chi connectivity index (χ0v) is 16.3. The maximum atomic E-state index is 13.8. The minimum Gasteiger partial charge on any atom is -0.481 e. The van der Waals surface area contributed by atoms with E-state index in [4.69, 9.17) is 4.74 Å². The maximum Gasteiger partial charge on any atom is 0.306 e. The number of carbonyl (C=O) groups excluding carboxylic acids is 1. The molecular formula is C22H32O4. The normalized spacial score (nSPS) is 56.0. The number of rotatable bonds is 2. The summed E-state index contributed by atoms with van der Waals surface area (Å²) in [6.45, 7) is 6.40. The molecule has 26 heavy (non-hydrogen) atoms. The van der Waals surface area contributed by atoms with E-state index in [2.05, 4.69) is 13.8 Å². The number of fused-ring (bicyclic) bond motifs is 3. The average molecular weight is 360 g/mol. The van der Waals surface area contributed by atoms with Crippen molar-refractivity contribution in [3.8, 4) is 0 Å². The summed E-state index contributed by atoms with van der Waals surface area (Å²) in [7, 11) is 0. The molecule has 1 spiro atoms. The van der Waals surface area contributed by atoms with Crippen LogP contribution < -0.4 is 0 Å². The first-order chi connectivity index (χ1) is 12.2. The number of carboxylic acids is 1. The molecule has 144 valence electrons. The van der Waals surface area contributed by atoms with Crippen molar-refractivity contribution in [3.63, 3.8) is 0 Å². The quantitative estimate of drug-likeness (QED) is 0.806. The van der Waals surface area contributed by atoms with Crippen LogP contribution in [0.5, 0.6) is 0 Å². The van der Waals surface area contributed by atoms with Gasteiger partial charge >= 0.3 is 5.97 Å².